The maximum absolute atomic E-state index is 13.4. The lowest BCUT2D eigenvalue weighted by atomic mass is 9.94. The quantitative estimate of drug-likeness (QED) is 0.748. The number of aliphatic hydroxyl groups is 1. The number of hydrogen-bond acceptors (Lipinski definition) is 2. The van der Waals surface area contributed by atoms with Crippen molar-refractivity contribution in [3.8, 4) is 0 Å². The lowest BCUT2D eigenvalue weighted by Gasteiger charge is -2.14. The van der Waals surface area contributed by atoms with Gasteiger partial charge in [-0.25, -0.2) is 4.39 Å². The van der Waals surface area contributed by atoms with Crippen LogP contribution in [-0.2, 0) is 10.3 Å². The molecule has 3 heteroatoms. The van der Waals surface area contributed by atoms with Gasteiger partial charge in [-0.15, -0.1) is 0 Å². The zero-order chi connectivity index (χ0) is 10.2. The zero-order valence-electron chi connectivity index (χ0n) is 8.03. The van der Waals surface area contributed by atoms with Crippen molar-refractivity contribution in [2.45, 2.75) is 25.0 Å². The van der Waals surface area contributed by atoms with Crippen molar-refractivity contribution in [2.24, 2.45) is 0 Å². The van der Waals surface area contributed by atoms with E-state index in [-0.39, 0.29) is 5.82 Å². The Kier molecular flexibility index (Phi) is 2.29. The molecule has 0 aliphatic carbocycles. The first-order chi connectivity index (χ1) is 6.64. The Morgan fingerprint density at radius 3 is 2.71 bits per heavy atom. The molecule has 1 aromatic carbocycles. The third-order valence-electron chi connectivity index (χ3n) is 2.48. The van der Waals surface area contributed by atoms with Gasteiger partial charge in [-0.1, -0.05) is 18.2 Å². The van der Waals surface area contributed by atoms with E-state index in [2.05, 4.69) is 0 Å². The van der Waals surface area contributed by atoms with Crippen LogP contribution in [0.1, 0.15) is 18.9 Å². The molecular weight excluding hydrogens is 183 g/mol. The number of epoxide rings is 1. The highest BCUT2D eigenvalue weighted by atomic mass is 19.1. The summed E-state index contributed by atoms with van der Waals surface area (Å²) in [5.74, 6) is -0.259. The Hall–Kier alpha value is -0.930. The zero-order valence-corrected chi connectivity index (χ0v) is 8.03. The minimum Gasteiger partial charge on any atom is -0.393 e. The van der Waals surface area contributed by atoms with Crippen molar-refractivity contribution in [3.63, 3.8) is 0 Å². The lowest BCUT2D eigenvalue weighted by molar-refractivity contribution is 0.137. The molecule has 1 saturated heterocycles. The predicted molar refractivity (Wildman–Crippen MR) is 50.3 cm³/mol. The molecule has 0 spiro atoms. The molecule has 1 fully saturated rings. The van der Waals surface area contributed by atoms with Crippen molar-refractivity contribution in [2.75, 3.05) is 6.61 Å². The SMILES string of the molecule is CC(O)CC1(c2ccccc2F)CO1. The molecule has 0 saturated carbocycles. The third kappa shape index (κ3) is 1.65. The smallest absolute Gasteiger partial charge is 0.129 e. The summed E-state index contributed by atoms with van der Waals surface area (Å²) in [4.78, 5) is 0. The van der Waals surface area contributed by atoms with Crippen LogP contribution >= 0.6 is 0 Å². The second kappa shape index (κ2) is 3.33. The standard InChI is InChI=1S/C11H13FO2/c1-8(13)6-11(7-14-11)9-4-2-3-5-10(9)12/h2-5,8,13H,6-7H2,1H3. The summed E-state index contributed by atoms with van der Waals surface area (Å²) in [5.41, 5.74) is -0.0135. The van der Waals surface area contributed by atoms with Gasteiger partial charge in [-0.3, -0.25) is 0 Å². The van der Waals surface area contributed by atoms with Gasteiger partial charge >= 0.3 is 0 Å². The molecule has 76 valence electrons. The fourth-order valence-electron chi connectivity index (χ4n) is 1.78. The second-order valence-corrected chi connectivity index (χ2v) is 3.82. The first-order valence-corrected chi connectivity index (χ1v) is 4.71. The molecule has 2 atom stereocenters. The Bertz CT molecular complexity index is 332. The first kappa shape index (κ1) is 9.62. The average molecular weight is 196 g/mol. The van der Waals surface area contributed by atoms with E-state index in [9.17, 15) is 9.50 Å². The normalized spacial score (nSPS) is 27.4. The number of hydrogen-bond donors (Lipinski definition) is 1. The van der Waals surface area contributed by atoms with Gasteiger partial charge in [-0.2, -0.15) is 0 Å². The molecular formula is C11H13FO2. The molecule has 0 bridgehead atoms. The molecule has 2 unspecified atom stereocenters. The molecule has 14 heavy (non-hydrogen) atoms. The van der Waals surface area contributed by atoms with Gasteiger partial charge in [0.25, 0.3) is 0 Å². The Morgan fingerprint density at radius 1 is 1.57 bits per heavy atom. The number of benzene rings is 1. The fourth-order valence-corrected chi connectivity index (χ4v) is 1.78. The van der Waals surface area contributed by atoms with Crippen molar-refractivity contribution in [3.05, 3.63) is 35.6 Å². The minimum atomic E-state index is -0.570. The van der Waals surface area contributed by atoms with Crippen LogP contribution in [0, 0.1) is 5.82 Å². The van der Waals surface area contributed by atoms with Crippen LogP contribution in [0.25, 0.3) is 0 Å². The van der Waals surface area contributed by atoms with Crippen LogP contribution in [0.15, 0.2) is 24.3 Å². The summed E-state index contributed by atoms with van der Waals surface area (Å²) in [6, 6.07) is 6.56. The van der Waals surface area contributed by atoms with Crippen LogP contribution in [0.5, 0.6) is 0 Å². The summed E-state index contributed by atoms with van der Waals surface area (Å²) in [6.07, 6.45) is -0.0226. The Labute approximate surface area is 82.3 Å². The van der Waals surface area contributed by atoms with E-state index in [0.29, 0.717) is 18.6 Å². The molecule has 2 rings (SSSR count). The monoisotopic (exact) mass is 196 g/mol. The van der Waals surface area contributed by atoms with Gasteiger partial charge in [0.2, 0.25) is 0 Å². The van der Waals surface area contributed by atoms with Crippen LogP contribution in [0.4, 0.5) is 4.39 Å². The number of halogens is 1. The largest absolute Gasteiger partial charge is 0.393 e. The highest BCUT2D eigenvalue weighted by Gasteiger charge is 2.48. The average Bonchev–Trinajstić information content (AvgIpc) is 2.85. The summed E-state index contributed by atoms with van der Waals surface area (Å²) in [5, 5.41) is 9.28. The Balaban J connectivity index is 2.26. The molecule has 1 N–H and O–H groups in total. The molecule has 0 amide bonds. The number of rotatable bonds is 3. The number of ether oxygens (including phenoxy) is 1. The summed E-state index contributed by atoms with van der Waals surface area (Å²) in [7, 11) is 0. The van der Waals surface area contributed by atoms with Crippen LogP contribution in [0.2, 0.25) is 0 Å². The van der Waals surface area contributed by atoms with Gasteiger partial charge in [0.15, 0.2) is 0 Å². The van der Waals surface area contributed by atoms with Gasteiger partial charge in [0.1, 0.15) is 11.4 Å². The van der Waals surface area contributed by atoms with E-state index in [1.807, 2.05) is 0 Å². The molecule has 0 radical (unpaired) electrons. The molecule has 0 aromatic heterocycles. The summed E-state index contributed by atoms with van der Waals surface area (Å²) < 4.78 is 18.7. The van der Waals surface area contributed by atoms with E-state index < -0.39 is 11.7 Å². The van der Waals surface area contributed by atoms with Crippen molar-refractivity contribution in [1.82, 2.24) is 0 Å². The predicted octanol–water partition coefficient (Wildman–Crippen LogP) is 1.82. The highest BCUT2D eigenvalue weighted by molar-refractivity contribution is 5.28. The third-order valence-corrected chi connectivity index (χ3v) is 2.48. The van der Waals surface area contributed by atoms with Crippen LogP contribution in [-0.4, -0.2) is 17.8 Å². The molecule has 1 aliphatic heterocycles. The van der Waals surface area contributed by atoms with Crippen molar-refractivity contribution >= 4 is 0 Å². The van der Waals surface area contributed by atoms with E-state index in [0.717, 1.165) is 0 Å². The van der Waals surface area contributed by atoms with Gasteiger partial charge in [-0.05, 0) is 13.0 Å². The van der Waals surface area contributed by atoms with Crippen molar-refractivity contribution < 1.29 is 14.2 Å². The summed E-state index contributed by atoms with van der Waals surface area (Å²) in [6.45, 7) is 2.18. The molecule has 1 aliphatic rings. The van der Waals surface area contributed by atoms with E-state index in [1.165, 1.54) is 6.07 Å². The van der Waals surface area contributed by atoms with E-state index in [4.69, 9.17) is 4.74 Å². The topological polar surface area (TPSA) is 32.8 Å². The van der Waals surface area contributed by atoms with E-state index >= 15 is 0 Å². The van der Waals surface area contributed by atoms with Crippen LogP contribution in [0.3, 0.4) is 0 Å². The van der Waals surface area contributed by atoms with Crippen molar-refractivity contribution in [1.29, 1.82) is 0 Å². The molecule has 1 heterocycles. The fraction of sp³-hybridized carbons (Fsp3) is 0.455. The first-order valence-electron chi connectivity index (χ1n) is 4.71. The molecule has 2 nitrogen and oxygen atoms in total. The number of aliphatic hydroxyl groups excluding tert-OH is 1. The summed E-state index contributed by atoms with van der Waals surface area (Å²) >= 11 is 0. The van der Waals surface area contributed by atoms with E-state index in [1.54, 1.807) is 25.1 Å². The maximum atomic E-state index is 13.4. The van der Waals surface area contributed by atoms with Gasteiger partial charge in [0, 0.05) is 12.0 Å². The van der Waals surface area contributed by atoms with Crippen LogP contribution < -0.4 is 0 Å². The van der Waals surface area contributed by atoms with Gasteiger partial charge in [0.05, 0.1) is 12.7 Å². The molecule has 1 aromatic rings. The second-order valence-electron chi connectivity index (χ2n) is 3.82. The minimum absolute atomic E-state index is 0.259. The maximum Gasteiger partial charge on any atom is 0.129 e. The lowest BCUT2D eigenvalue weighted by Crippen LogP contribution is -2.17. The Morgan fingerprint density at radius 2 is 2.21 bits per heavy atom. The highest BCUT2D eigenvalue weighted by Crippen LogP contribution is 2.43. The van der Waals surface area contributed by atoms with Gasteiger partial charge < -0.3 is 9.84 Å².